The number of carbonyl (C=O) groups is 2. The first-order chi connectivity index (χ1) is 13.6. The van der Waals surface area contributed by atoms with E-state index in [1.54, 1.807) is 0 Å². The number of hydrogen-bond acceptors (Lipinski definition) is 5. The first kappa shape index (κ1) is 19.0. The van der Waals surface area contributed by atoms with Gasteiger partial charge < -0.3 is 20.7 Å². The number of fused-ring (bicyclic) bond motifs is 1. The molecular formula is C22H29N3O3. The minimum atomic E-state index is -0.219. The molecule has 1 saturated carbocycles. The molecule has 28 heavy (non-hydrogen) atoms. The van der Waals surface area contributed by atoms with Crippen LogP contribution in [0, 0.1) is 0 Å². The van der Waals surface area contributed by atoms with Gasteiger partial charge in [0.2, 0.25) is 0 Å². The Morgan fingerprint density at radius 1 is 1.21 bits per heavy atom. The van der Waals surface area contributed by atoms with Crippen molar-refractivity contribution in [3.05, 3.63) is 46.7 Å². The zero-order chi connectivity index (χ0) is 19.7. The number of ether oxygens (including phenoxy) is 1. The average Bonchev–Trinajstić information content (AvgIpc) is 2.97. The molecule has 2 aliphatic heterocycles. The van der Waals surface area contributed by atoms with Gasteiger partial charge in [0, 0.05) is 17.8 Å². The highest BCUT2D eigenvalue weighted by Crippen LogP contribution is 2.37. The minimum Gasteiger partial charge on any atom is -0.469 e. The summed E-state index contributed by atoms with van der Waals surface area (Å²) in [5.74, 6) is -0.213. The maximum Gasteiger partial charge on any atom is 0.306 e. The number of benzene rings is 1. The molecular weight excluding hydrogens is 354 g/mol. The molecule has 4 atom stereocenters. The number of hydrogen-bond donors (Lipinski definition) is 3. The number of rotatable bonds is 4. The third kappa shape index (κ3) is 3.53. The Hall–Kier alpha value is -2.34. The zero-order valence-corrected chi connectivity index (χ0v) is 16.6. The highest BCUT2D eigenvalue weighted by atomic mass is 16.5. The molecule has 1 aromatic carbocycles. The van der Waals surface area contributed by atoms with Crippen LogP contribution >= 0.6 is 0 Å². The van der Waals surface area contributed by atoms with Gasteiger partial charge >= 0.3 is 5.97 Å². The maximum atomic E-state index is 12.7. The molecule has 1 amide bonds. The number of nitrogens with one attached hydrogen (secondary N) is 3. The normalized spacial score (nSPS) is 27.8. The van der Waals surface area contributed by atoms with E-state index in [2.05, 4.69) is 28.1 Å². The van der Waals surface area contributed by atoms with Crippen molar-refractivity contribution in [1.82, 2.24) is 16.0 Å². The Bertz CT molecular complexity index is 804. The molecule has 0 spiro atoms. The summed E-state index contributed by atoms with van der Waals surface area (Å²) in [6.07, 6.45) is 4.98. The molecule has 4 rings (SSSR count). The quantitative estimate of drug-likeness (QED) is 0.695. The van der Waals surface area contributed by atoms with Crippen molar-refractivity contribution >= 4 is 11.9 Å². The van der Waals surface area contributed by atoms with E-state index in [4.69, 9.17) is 4.74 Å². The lowest BCUT2D eigenvalue weighted by Crippen LogP contribution is -2.49. The fourth-order valence-electron chi connectivity index (χ4n) is 4.87. The van der Waals surface area contributed by atoms with Gasteiger partial charge in [-0.3, -0.25) is 9.59 Å². The van der Waals surface area contributed by atoms with Crippen LogP contribution in [0.5, 0.6) is 0 Å². The molecule has 0 bridgehead atoms. The Morgan fingerprint density at radius 2 is 1.96 bits per heavy atom. The van der Waals surface area contributed by atoms with Crippen LogP contribution in [0.3, 0.4) is 0 Å². The monoisotopic (exact) mass is 383 g/mol. The van der Waals surface area contributed by atoms with Crippen LogP contribution in [0.4, 0.5) is 0 Å². The lowest BCUT2D eigenvalue weighted by molar-refractivity contribution is -0.141. The highest BCUT2D eigenvalue weighted by Gasteiger charge is 2.40. The molecule has 6 nitrogen and oxygen atoms in total. The number of amides is 1. The van der Waals surface area contributed by atoms with Gasteiger partial charge in [-0.25, -0.2) is 0 Å². The molecule has 1 aliphatic carbocycles. The molecule has 3 N–H and O–H groups in total. The molecule has 1 fully saturated rings. The molecule has 0 radical (unpaired) electrons. The molecule has 150 valence electrons. The van der Waals surface area contributed by atoms with E-state index in [1.807, 2.05) is 19.1 Å². The van der Waals surface area contributed by atoms with Crippen molar-refractivity contribution in [3.63, 3.8) is 0 Å². The van der Waals surface area contributed by atoms with E-state index in [-0.39, 0.29) is 23.8 Å². The summed E-state index contributed by atoms with van der Waals surface area (Å²) in [6.45, 7) is 2.60. The van der Waals surface area contributed by atoms with Gasteiger partial charge in [-0.1, -0.05) is 44.0 Å². The molecule has 0 aromatic heterocycles. The summed E-state index contributed by atoms with van der Waals surface area (Å²) in [6, 6.07) is 8.67. The molecule has 6 heteroatoms. The van der Waals surface area contributed by atoms with E-state index in [1.165, 1.54) is 20.0 Å². The van der Waals surface area contributed by atoms with Crippen LogP contribution in [0.15, 0.2) is 35.5 Å². The Labute approximate surface area is 166 Å². The van der Waals surface area contributed by atoms with Crippen molar-refractivity contribution in [3.8, 4) is 0 Å². The van der Waals surface area contributed by atoms with E-state index in [0.717, 1.165) is 35.2 Å². The van der Waals surface area contributed by atoms with Crippen molar-refractivity contribution in [2.24, 2.45) is 0 Å². The van der Waals surface area contributed by atoms with Crippen LogP contribution in [0.2, 0.25) is 0 Å². The van der Waals surface area contributed by atoms with Crippen molar-refractivity contribution in [1.29, 1.82) is 0 Å². The Morgan fingerprint density at radius 3 is 2.75 bits per heavy atom. The smallest absolute Gasteiger partial charge is 0.306 e. The molecule has 2 heterocycles. The predicted octanol–water partition coefficient (Wildman–Crippen LogP) is 2.28. The average molecular weight is 383 g/mol. The van der Waals surface area contributed by atoms with E-state index >= 15 is 0 Å². The molecule has 0 saturated heterocycles. The molecule has 1 aromatic rings. The summed E-state index contributed by atoms with van der Waals surface area (Å²) in [5.41, 5.74) is 3.99. The third-order valence-corrected chi connectivity index (χ3v) is 6.33. The zero-order valence-electron chi connectivity index (χ0n) is 16.6. The van der Waals surface area contributed by atoms with Gasteiger partial charge in [0.25, 0.3) is 5.91 Å². The van der Waals surface area contributed by atoms with Gasteiger partial charge in [-0.15, -0.1) is 0 Å². The van der Waals surface area contributed by atoms with Crippen LogP contribution in [-0.4, -0.2) is 37.6 Å². The Kier molecular flexibility index (Phi) is 5.40. The Balaban J connectivity index is 1.73. The van der Waals surface area contributed by atoms with E-state index in [0.29, 0.717) is 25.0 Å². The fourth-order valence-corrected chi connectivity index (χ4v) is 4.87. The maximum absolute atomic E-state index is 12.7. The second kappa shape index (κ2) is 7.95. The topological polar surface area (TPSA) is 79.5 Å². The van der Waals surface area contributed by atoms with Crippen LogP contribution < -0.4 is 16.0 Å². The van der Waals surface area contributed by atoms with Crippen molar-refractivity contribution in [2.45, 2.75) is 63.1 Å². The summed E-state index contributed by atoms with van der Waals surface area (Å²) < 4.78 is 4.87. The van der Waals surface area contributed by atoms with Crippen molar-refractivity contribution < 1.29 is 14.3 Å². The van der Waals surface area contributed by atoms with Gasteiger partial charge in [-0.2, -0.15) is 0 Å². The second-order valence-corrected chi connectivity index (χ2v) is 8.13. The second-order valence-electron chi connectivity index (χ2n) is 8.13. The lowest BCUT2D eigenvalue weighted by Gasteiger charge is -2.34. The largest absolute Gasteiger partial charge is 0.469 e. The van der Waals surface area contributed by atoms with Gasteiger partial charge in [-0.05, 0) is 29.9 Å². The lowest BCUT2D eigenvalue weighted by atomic mass is 9.85. The summed E-state index contributed by atoms with van der Waals surface area (Å²) in [5, 5.41) is 10.4. The van der Waals surface area contributed by atoms with E-state index < -0.39 is 0 Å². The fraction of sp³-hybridized carbons (Fsp3) is 0.545. The minimum absolute atomic E-state index is 0.00549. The summed E-state index contributed by atoms with van der Waals surface area (Å²) in [4.78, 5) is 24.6. The van der Waals surface area contributed by atoms with Crippen LogP contribution in [-0.2, 0) is 14.3 Å². The van der Waals surface area contributed by atoms with Gasteiger partial charge in [0.05, 0.1) is 31.7 Å². The number of methoxy groups -OCH3 is 1. The molecule has 1 unspecified atom stereocenters. The van der Waals surface area contributed by atoms with E-state index in [9.17, 15) is 9.59 Å². The first-order valence-electron chi connectivity index (χ1n) is 10.3. The highest BCUT2D eigenvalue weighted by molar-refractivity contribution is 5.98. The summed E-state index contributed by atoms with van der Waals surface area (Å²) in [7, 11) is 1.42. The number of carbonyl (C=O) groups excluding carboxylic acids is 2. The number of esters is 1. The SMILES string of the molecule is COC(=O)CC(C)c1ccccc1[C@H]1N[C@@H]2CCCC[C@H]2NC2=C1C(=O)NC2. The van der Waals surface area contributed by atoms with Crippen molar-refractivity contribution in [2.75, 3.05) is 13.7 Å². The standard InChI is InChI=1S/C22H29N3O3/c1-13(11-19(26)28-2)14-7-3-4-8-15(14)21-20-18(12-23-22(20)27)24-16-9-5-6-10-17(16)25-21/h3-4,7-8,13,16-17,21,24-25H,5-6,9-12H2,1-2H3,(H,23,27)/t13?,16-,17-,21-/m1/s1. The van der Waals surface area contributed by atoms with Gasteiger partial charge in [0.1, 0.15) is 0 Å². The van der Waals surface area contributed by atoms with Crippen LogP contribution in [0.1, 0.15) is 62.1 Å². The van der Waals surface area contributed by atoms with Gasteiger partial charge in [0.15, 0.2) is 0 Å². The molecule has 3 aliphatic rings. The van der Waals surface area contributed by atoms with Crippen LogP contribution in [0.25, 0.3) is 0 Å². The predicted molar refractivity (Wildman–Crippen MR) is 107 cm³/mol. The third-order valence-electron chi connectivity index (χ3n) is 6.33. The first-order valence-corrected chi connectivity index (χ1v) is 10.3. The summed E-state index contributed by atoms with van der Waals surface area (Å²) >= 11 is 0.